The molecular formula is C22H21FN4O4. The Kier molecular flexibility index (Phi) is 5.83. The van der Waals surface area contributed by atoms with Crippen molar-refractivity contribution in [3.05, 3.63) is 87.9 Å². The molecule has 0 spiro atoms. The van der Waals surface area contributed by atoms with E-state index in [9.17, 15) is 19.3 Å². The van der Waals surface area contributed by atoms with Gasteiger partial charge >= 0.3 is 5.88 Å². The number of nitrogens with zero attached hydrogens (tertiary/aromatic N) is 3. The van der Waals surface area contributed by atoms with Crippen molar-refractivity contribution in [1.82, 2.24) is 5.32 Å². The fraction of sp³-hybridized carbons (Fsp3) is 0.227. The van der Waals surface area contributed by atoms with Gasteiger partial charge in [0.1, 0.15) is 10.7 Å². The van der Waals surface area contributed by atoms with E-state index in [1.165, 1.54) is 18.2 Å². The van der Waals surface area contributed by atoms with Crippen LogP contribution in [-0.2, 0) is 6.54 Å². The molecule has 0 aliphatic carbocycles. The van der Waals surface area contributed by atoms with Gasteiger partial charge in [0, 0.05) is 44.1 Å². The Morgan fingerprint density at radius 3 is 2.00 bits per heavy atom. The van der Waals surface area contributed by atoms with Crippen LogP contribution in [0.2, 0.25) is 0 Å². The Balaban J connectivity index is 1.28. The minimum absolute atomic E-state index is 0.0951. The number of nitro groups is 1. The zero-order valence-corrected chi connectivity index (χ0v) is 16.7. The zero-order chi connectivity index (χ0) is 21.8. The lowest BCUT2D eigenvalue weighted by Crippen LogP contribution is -2.46. The second-order valence-corrected chi connectivity index (χ2v) is 7.19. The first-order valence-electron chi connectivity index (χ1n) is 9.86. The highest BCUT2D eigenvalue weighted by Gasteiger charge is 2.19. The molecule has 2 heterocycles. The van der Waals surface area contributed by atoms with Gasteiger partial charge < -0.3 is 19.5 Å². The molecule has 31 heavy (non-hydrogen) atoms. The molecule has 0 atom stereocenters. The average molecular weight is 424 g/mol. The minimum Gasteiger partial charge on any atom is -0.395 e. The van der Waals surface area contributed by atoms with Gasteiger partial charge in [-0.15, -0.1) is 0 Å². The largest absolute Gasteiger partial charge is 0.433 e. The maximum atomic E-state index is 13.1. The number of furan rings is 1. The summed E-state index contributed by atoms with van der Waals surface area (Å²) in [7, 11) is 0. The number of rotatable bonds is 6. The molecule has 0 bridgehead atoms. The molecular weight excluding hydrogens is 403 g/mol. The van der Waals surface area contributed by atoms with E-state index in [0.717, 1.165) is 49.2 Å². The maximum absolute atomic E-state index is 13.1. The molecule has 4 rings (SSSR count). The van der Waals surface area contributed by atoms with Crippen LogP contribution in [-0.4, -0.2) is 37.0 Å². The fourth-order valence-electron chi connectivity index (χ4n) is 3.52. The Labute approximate surface area is 178 Å². The van der Waals surface area contributed by atoms with Gasteiger partial charge in [0.25, 0.3) is 5.91 Å². The number of carbonyl (C=O) groups excluding carboxylic acids is 1. The number of halogens is 1. The average Bonchev–Trinajstić information content (AvgIpc) is 3.29. The molecule has 1 fully saturated rings. The molecule has 0 saturated carbocycles. The van der Waals surface area contributed by atoms with Gasteiger partial charge in [0.2, 0.25) is 0 Å². The second kappa shape index (κ2) is 8.86. The predicted octanol–water partition coefficient (Wildman–Crippen LogP) is 3.58. The van der Waals surface area contributed by atoms with Crippen molar-refractivity contribution in [3.8, 4) is 0 Å². The molecule has 1 amide bonds. The molecule has 1 aromatic heterocycles. The van der Waals surface area contributed by atoms with Crippen LogP contribution in [0.4, 0.5) is 21.6 Å². The summed E-state index contributed by atoms with van der Waals surface area (Å²) in [5.41, 5.74) is 3.02. The highest BCUT2D eigenvalue weighted by Crippen LogP contribution is 2.21. The number of anilines is 2. The molecule has 0 radical (unpaired) electrons. The van der Waals surface area contributed by atoms with Crippen LogP contribution in [0.3, 0.4) is 0 Å². The van der Waals surface area contributed by atoms with Crippen molar-refractivity contribution in [2.24, 2.45) is 0 Å². The van der Waals surface area contributed by atoms with Gasteiger partial charge in [-0.1, -0.05) is 12.1 Å². The van der Waals surface area contributed by atoms with Crippen LogP contribution in [0.5, 0.6) is 0 Å². The van der Waals surface area contributed by atoms with E-state index >= 15 is 0 Å². The zero-order valence-electron chi connectivity index (χ0n) is 16.7. The number of nitrogens with one attached hydrogen (secondary N) is 1. The number of amides is 1. The number of piperazine rings is 1. The SMILES string of the molecule is O=C(NCc1ccc(N2CCN(c3ccc(F)cc3)CC2)cc1)c1ccc([N+](=O)[O-])o1. The van der Waals surface area contributed by atoms with Gasteiger partial charge in [0.15, 0.2) is 5.76 Å². The van der Waals surface area contributed by atoms with Gasteiger partial charge in [-0.3, -0.25) is 14.9 Å². The Hall–Kier alpha value is -3.88. The topological polar surface area (TPSA) is 91.9 Å². The Morgan fingerprint density at radius 1 is 0.935 bits per heavy atom. The van der Waals surface area contributed by atoms with Gasteiger partial charge in [-0.05, 0) is 48.0 Å². The molecule has 1 saturated heterocycles. The lowest BCUT2D eigenvalue weighted by atomic mass is 10.1. The summed E-state index contributed by atoms with van der Waals surface area (Å²) in [6, 6.07) is 16.9. The van der Waals surface area contributed by atoms with Gasteiger partial charge in [-0.25, -0.2) is 4.39 Å². The molecule has 1 N–H and O–H groups in total. The lowest BCUT2D eigenvalue weighted by Gasteiger charge is -2.37. The molecule has 1 aliphatic heterocycles. The Morgan fingerprint density at radius 2 is 1.48 bits per heavy atom. The normalized spacial score (nSPS) is 13.8. The van der Waals surface area contributed by atoms with Crippen LogP contribution < -0.4 is 15.1 Å². The summed E-state index contributed by atoms with van der Waals surface area (Å²) in [6.45, 7) is 3.68. The van der Waals surface area contributed by atoms with Crippen LogP contribution >= 0.6 is 0 Å². The number of benzene rings is 2. The Bertz CT molecular complexity index is 1060. The molecule has 8 nitrogen and oxygen atoms in total. The summed E-state index contributed by atoms with van der Waals surface area (Å²) in [6.07, 6.45) is 0. The van der Waals surface area contributed by atoms with Crippen molar-refractivity contribution >= 4 is 23.2 Å². The van der Waals surface area contributed by atoms with E-state index < -0.39 is 16.7 Å². The van der Waals surface area contributed by atoms with Crippen LogP contribution in [0.1, 0.15) is 16.1 Å². The molecule has 9 heteroatoms. The number of hydrogen-bond acceptors (Lipinski definition) is 6. The van der Waals surface area contributed by atoms with Crippen molar-refractivity contribution < 1.29 is 18.5 Å². The standard InChI is InChI=1S/C22H21FN4O4/c23-17-3-7-19(8-4-17)26-13-11-25(12-14-26)18-5-1-16(2-6-18)15-24-22(28)20-9-10-21(31-20)27(29)30/h1-10H,11-15H2,(H,24,28). The van der Waals surface area contributed by atoms with E-state index in [0.29, 0.717) is 0 Å². The first-order chi connectivity index (χ1) is 15.0. The highest BCUT2D eigenvalue weighted by atomic mass is 19.1. The lowest BCUT2D eigenvalue weighted by molar-refractivity contribution is -0.402. The third-order valence-electron chi connectivity index (χ3n) is 5.22. The molecule has 2 aromatic carbocycles. The number of hydrogen-bond donors (Lipinski definition) is 1. The van der Waals surface area contributed by atoms with E-state index in [4.69, 9.17) is 4.42 Å². The van der Waals surface area contributed by atoms with Crippen molar-refractivity contribution in [2.75, 3.05) is 36.0 Å². The van der Waals surface area contributed by atoms with Crippen LogP contribution in [0.25, 0.3) is 0 Å². The van der Waals surface area contributed by atoms with Crippen LogP contribution in [0.15, 0.2) is 65.1 Å². The van der Waals surface area contributed by atoms with Crippen LogP contribution in [0, 0.1) is 15.9 Å². The third kappa shape index (κ3) is 4.82. The first kappa shape index (κ1) is 20.4. The molecule has 160 valence electrons. The smallest absolute Gasteiger partial charge is 0.395 e. The summed E-state index contributed by atoms with van der Waals surface area (Å²) in [5.74, 6) is -1.30. The summed E-state index contributed by atoms with van der Waals surface area (Å²) >= 11 is 0. The second-order valence-electron chi connectivity index (χ2n) is 7.19. The minimum atomic E-state index is -0.686. The third-order valence-corrected chi connectivity index (χ3v) is 5.22. The maximum Gasteiger partial charge on any atom is 0.433 e. The predicted molar refractivity (Wildman–Crippen MR) is 114 cm³/mol. The van der Waals surface area contributed by atoms with Crippen molar-refractivity contribution in [2.45, 2.75) is 6.54 Å². The van der Waals surface area contributed by atoms with Crippen molar-refractivity contribution in [3.63, 3.8) is 0 Å². The highest BCUT2D eigenvalue weighted by molar-refractivity contribution is 5.91. The van der Waals surface area contributed by atoms with E-state index in [2.05, 4.69) is 15.1 Å². The molecule has 0 unspecified atom stereocenters. The van der Waals surface area contributed by atoms with Gasteiger partial charge in [0.05, 0.1) is 6.07 Å². The number of carbonyl (C=O) groups is 1. The monoisotopic (exact) mass is 424 g/mol. The van der Waals surface area contributed by atoms with Gasteiger partial charge in [-0.2, -0.15) is 0 Å². The first-order valence-corrected chi connectivity index (χ1v) is 9.86. The van der Waals surface area contributed by atoms with E-state index in [1.807, 2.05) is 24.3 Å². The van der Waals surface area contributed by atoms with E-state index in [-0.39, 0.29) is 18.1 Å². The summed E-state index contributed by atoms with van der Waals surface area (Å²) in [5, 5.41) is 13.3. The quantitative estimate of drug-likeness (QED) is 0.480. The fourth-order valence-corrected chi connectivity index (χ4v) is 3.52. The summed E-state index contributed by atoms with van der Waals surface area (Å²) < 4.78 is 18.0. The van der Waals surface area contributed by atoms with Crippen molar-refractivity contribution in [1.29, 1.82) is 0 Å². The molecule has 3 aromatic rings. The molecule has 1 aliphatic rings. The van der Waals surface area contributed by atoms with E-state index in [1.54, 1.807) is 12.1 Å². The summed E-state index contributed by atoms with van der Waals surface area (Å²) in [4.78, 5) is 26.5.